The summed E-state index contributed by atoms with van der Waals surface area (Å²) in [6.45, 7) is 0. The van der Waals surface area contributed by atoms with E-state index in [9.17, 15) is 0 Å². The molecule has 16 bridgehead atoms. The second kappa shape index (κ2) is 12.8. The molecule has 62 heavy (non-hydrogen) atoms. The van der Waals surface area contributed by atoms with Gasteiger partial charge in [-0.3, -0.25) is 0 Å². The summed E-state index contributed by atoms with van der Waals surface area (Å²) in [5, 5.41) is 3.99. The molecule has 10 heteroatoms. The van der Waals surface area contributed by atoms with Crippen LogP contribution in [0.2, 0.25) is 0 Å². The number of nitrogens with one attached hydrogen (secondary N) is 2. The molecule has 0 atom stereocenters. The van der Waals surface area contributed by atoms with Crippen LogP contribution in [0, 0.1) is 35.5 Å². The molecule has 2 aliphatic heterocycles. The summed E-state index contributed by atoms with van der Waals surface area (Å²) >= 11 is 4.50. The highest BCUT2D eigenvalue weighted by Crippen LogP contribution is 2.66. The lowest BCUT2D eigenvalue weighted by molar-refractivity contribution is 0.0378. The fourth-order valence-corrected chi connectivity index (χ4v) is 18.4. The number of hydrogen-bond donors (Lipinski definition) is 2. The Kier molecular flexibility index (Phi) is 7.30. The molecule has 2 N–H and O–H groups in total. The van der Waals surface area contributed by atoms with Crippen LogP contribution < -0.4 is 0 Å². The molecule has 10 aliphatic rings. The quantitative estimate of drug-likeness (QED) is 0.180. The lowest BCUT2D eigenvalue weighted by Gasteiger charge is -2.57. The number of benzene rings is 4. The van der Waals surface area contributed by atoms with Crippen molar-refractivity contribution in [3.63, 3.8) is 0 Å². The van der Waals surface area contributed by atoms with E-state index < -0.39 is 0 Å². The largest absolute Gasteiger partial charge is 0.324 e. The summed E-state index contributed by atoms with van der Waals surface area (Å²) in [5.41, 5.74) is 6.98. The van der Waals surface area contributed by atoms with Crippen LogP contribution in [-0.2, 0) is 0 Å². The van der Waals surface area contributed by atoms with Crippen LogP contribution in [0.15, 0.2) is 94.7 Å². The first-order chi connectivity index (χ1) is 30.4. The zero-order chi connectivity index (χ0) is 40.3. The molecule has 8 aliphatic carbocycles. The Labute approximate surface area is 368 Å². The van der Waals surface area contributed by atoms with Gasteiger partial charge in [0.05, 0.1) is 0 Å². The molecule has 4 aromatic carbocycles. The van der Waals surface area contributed by atoms with Crippen LogP contribution in [-0.4, -0.2) is 49.4 Å². The Morgan fingerprint density at radius 1 is 0.371 bits per heavy atom. The van der Waals surface area contributed by atoms with E-state index in [1.807, 2.05) is 12.1 Å². The molecule has 3 aromatic heterocycles. The van der Waals surface area contributed by atoms with E-state index in [2.05, 4.69) is 106 Å². The topological polar surface area (TPSA) is 109 Å². The van der Waals surface area contributed by atoms with Crippen molar-refractivity contribution < 1.29 is 0 Å². The summed E-state index contributed by atoms with van der Waals surface area (Å²) in [7, 11) is 0. The van der Waals surface area contributed by atoms with Gasteiger partial charge >= 0.3 is 0 Å². The lowest BCUT2D eigenvalue weighted by atomic mass is 9.56. The van der Waals surface area contributed by atoms with Gasteiger partial charge in [-0.2, -0.15) is 0 Å². The third kappa shape index (κ3) is 5.41. The Hall–Kier alpha value is -5.06. The van der Waals surface area contributed by atoms with E-state index in [-0.39, 0.29) is 0 Å². The number of fused-ring (bicyclic) bond motifs is 20. The number of nitrogens with zero attached hydrogens (tertiary/aromatic N) is 6. The van der Waals surface area contributed by atoms with Gasteiger partial charge < -0.3 is 9.97 Å². The van der Waals surface area contributed by atoms with Crippen molar-refractivity contribution in [1.82, 2.24) is 39.9 Å². The lowest BCUT2D eigenvalue weighted by Crippen LogP contribution is -2.49. The van der Waals surface area contributed by atoms with Crippen LogP contribution in [0.25, 0.3) is 89.7 Å². The summed E-state index contributed by atoms with van der Waals surface area (Å²) in [5.74, 6) is 8.01. The first kappa shape index (κ1) is 35.4. The van der Waals surface area contributed by atoms with Gasteiger partial charge in [-0.15, -0.1) is 23.5 Å². The minimum absolute atomic E-state index is 0.323. The second-order valence-corrected chi connectivity index (χ2v) is 23.5. The number of rotatable bonds is 4. The van der Waals surface area contributed by atoms with Crippen molar-refractivity contribution in [2.75, 3.05) is 0 Å². The molecule has 0 unspecified atom stereocenters. The molecule has 0 amide bonds. The van der Waals surface area contributed by atoms with Gasteiger partial charge in [0, 0.05) is 63.1 Å². The van der Waals surface area contributed by atoms with Crippen molar-refractivity contribution in [3.05, 3.63) is 84.9 Å². The van der Waals surface area contributed by atoms with Gasteiger partial charge in [0.2, 0.25) is 0 Å². The highest BCUT2D eigenvalue weighted by atomic mass is 32.2. The van der Waals surface area contributed by atoms with Gasteiger partial charge in [0.25, 0.3) is 0 Å². The van der Waals surface area contributed by atoms with Crippen LogP contribution in [0.5, 0.6) is 0 Å². The summed E-state index contributed by atoms with van der Waals surface area (Å²) in [6, 6.07) is 30.0. The van der Waals surface area contributed by atoms with E-state index in [0.717, 1.165) is 102 Å². The van der Waals surface area contributed by atoms with E-state index in [1.54, 1.807) is 0 Å². The van der Waals surface area contributed by atoms with Crippen LogP contribution in [0.4, 0.5) is 0 Å². The van der Waals surface area contributed by atoms with Crippen LogP contribution in [0.3, 0.4) is 0 Å². The minimum Gasteiger partial charge on any atom is -0.324 e. The molecule has 8 saturated carbocycles. The van der Waals surface area contributed by atoms with Crippen molar-refractivity contribution in [1.29, 1.82) is 0 Å². The second-order valence-electron chi connectivity index (χ2n) is 20.5. The van der Waals surface area contributed by atoms with Crippen molar-refractivity contribution in [2.24, 2.45) is 35.5 Å². The molecule has 0 radical (unpaired) electrons. The highest BCUT2D eigenvalue weighted by Gasteiger charge is 2.54. The molecule has 0 spiro atoms. The van der Waals surface area contributed by atoms with Gasteiger partial charge in [0.15, 0.2) is 23.3 Å². The Bertz CT molecular complexity index is 2980. The van der Waals surface area contributed by atoms with E-state index in [4.69, 9.17) is 29.9 Å². The van der Waals surface area contributed by atoms with Gasteiger partial charge in [-0.1, -0.05) is 72.8 Å². The number of aromatic amines is 2. The number of aromatic nitrogens is 8. The zero-order valence-corrected chi connectivity index (χ0v) is 36.2. The number of hydrogen-bond acceptors (Lipinski definition) is 8. The average molecular weight is 847 g/mol. The average Bonchev–Trinajstić information content (AvgIpc) is 3.98. The van der Waals surface area contributed by atoms with E-state index in [1.165, 1.54) is 86.8 Å². The smallest absolute Gasteiger partial charge is 0.164 e. The van der Waals surface area contributed by atoms with Gasteiger partial charge in [-0.25, -0.2) is 29.9 Å². The third-order valence-corrected chi connectivity index (χ3v) is 19.3. The van der Waals surface area contributed by atoms with Crippen LogP contribution >= 0.6 is 23.5 Å². The maximum atomic E-state index is 5.48. The summed E-state index contributed by atoms with van der Waals surface area (Å²) in [4.78, 5) is 42.1. The highest BCUT2D eigenvalue weighted by molar-refractivity contribution is 8.03. The molecule has 5 heterocycles. The van der Waals surface area contributed by atoms with E-state index in [0.29, 0.717) is 32.8 Å². The van der Waals surface area contributed by atoms with Gasteiger partial charge in [-0.05, 0) is 125 Å². The predicted molar refractivity (Wildman–Crippen MR) is 250 cm³/mol. The van der Waals surface area contributed by atoms with E-state index >= 15 is 0 Å². The number of H-pyrrole nitrogens is 2. The zero-order valence-electron chi connectivity index (χ0n) is 34.5. The monoisotopic (exact) mass is 846 g/mol. The SMILES string of the molecule is c1ccc2c(c1)-c1nc-2nc2[nH]c(nc3nc(nc4[nH]c(n1)c1ccccc41)-c1cc(SC45CC6CC(CC(C6)C4)C5)c(SC45CC6CC(CC(C6)C4)C5)cc1-3)c1ccccc21. The maximum Gasteiger partial charge on any atom is 0.164 e. The van der Waals surface area contributed by atoms with Gasteiger partial charge in [0.1, 0.15) is 22.6 Å². The number of thioether (sulfide) groups is 2. The van der Waals surface area contributed by atoms with Crippen molar-refractivity contribution in [2.45, 2.75) is 96.3 Å². The van der Waals surface area contributed by atoms with Crippen LogP contribution in [0.1, 0.15) is 77.0 Å². The molecule has 8 fully saturated rings. The molecule has 306 valence electrons. The first-order valence-electron chi connectivity index (χ1n) is 23.1. The Balaban J connectivity index is 0.994. The maximum absolute atomic E-state index is 5.48. The molecular formula is C52H46N8S2. The summed E-state index contributed by atoms with van der Waals surface area (Å²) in [6.07, 6.45) is 16.9. The predicted octanol–water partition coefficient (Wildman–Crippen LogP) is 13.0. The fourth-order valence-electron chi connectivity index (χ4n) is 14.6. The van der Waals surface area contributed by atoms with Crippen molar-refractivity contribution in [3.8, 4) is 45.6 Å². The molecule has 17 rings (SSSR count). The molecule has 0 saturated heterocycles. The fraction of sp³-hybridized carbons (Fsp3) is 0.385. The molecule has 8 nitrogen and oxygen atoms in total. The molecule has 7 aromatic rings. The Morgan fingerprint density at radius 3 is 0.984 bits per heavy atom. The van der Waals surface area contributed by atoms with Crippen molar-refractivity contribution >= 4 is 67.7 Å². The molecular weight excluding hydrogens is 801 g/mol. The third-order valence-electron chi connectivity index (χ3n) is 16.2. The standard InChI is InChI=1S/C52H46N8S2/c1-2-8-34-33(7-1)43-53-44(34)55-46-36-10-4-6-12-38(36)48(57-46)59-50-40-20-42(62-52-24-30-16-31(25-52)18-32(17-30)26-52)41(61-51-21-27-13-28(22-51)15-29(14-27)23-51)19-39(40)49(60-50)58-47-37-11-5-3-9-35(37)45(54-43)56-47/h1-12,19-20,27-32H,13-18,21-26H2,(H2,53,54,55,56,57,58,59,60). The minimum atomic E-state index is 0.323. The summed E-state index contributed by atoms with van der Waals surface area (Å²) < 4.78 is 0.647. The first-order valence-corrected chi connectivity index (χ1v) is 24.7. The normalized spacial score (nSPS) is 29.7. The Morgan fingerprint density at radius 2 is 0.661 bits per heavy atom.